The molecule has 1 aliphatic carbocycles. The summed E-state index contributed by atoms with van der Waals surface area (Å²) in [6.07, 6.45) is 3.29. The number of ketones is 1. The summed E-state index contributed by atoms with van der Waals surface area (Å²) < 4.78 is 5.86. The van der Waals surface area contributed by atoms with Crippen molar-refractivity contribution < 1.29 is 14.6 Å². The lowest BCUT2D eigenvalue weighted by Gasteiger charge is -2.25. The molecule has 106 valence electrons. The third-order valence-corrected chi connectivity index (χ3v) is 4.74. The zero-order valence-electron chi connectivity index (χ0n) is 12.2. The molecule has 1 atom stereocenters. The van der Waals surface area contributed by atoms with Crippen molar-refractivity contribution in [2.75, 3.05) is 6.61 Å². The van der Waals surface area contributed by atoms with Crippen LogP contribution in [0.2, 0.25) is 0 Å². The molecule has 3 rings (SSSR count). The quantitative estimate of drug-likeness (QED) is 0.852. The van der Waals surface area contributed by atoms with Gasteiger partial charge in [-0.2, -0.15) is 0 Å². The van der Waals surface area contributed by atoms with Gasteiger partial charge in [-0.05, 0) is 37.5 Å². The van der Waals surface area contributed by atoms with Crippen LogP contribution < -0.4 is 4.74 Å². The molecule has 0 amide bonds. The molecular weight excluding hydrogens is 252 g/mol. The molecule has 3 heteroatoms. The van der Waals surface area contributed by atoms with E-state index in [-0.39, 0.29) is 17.5 Å². The average Bonchev–Trinajstić information content (AvgIpc) is 2.84. The number of benzene rings is 1. The van der Waals surface area contributed by atoms with E-state index in [0.29, 0.717) is 19.4 Å². The number of allylic oxidation sites excluding steroid dienone is 2. The van der Waals surface area contributed by atoms with Crippen LogP contribution in [0, 0.1) is 20.8 Å². The van der Waals surface area contributed by atoms with Crippen molar-refractivity contribution >= 4 is 5.78 Å². The van der Waals surface area contributed by atoms with E-state index in [9.17, 15) is 9.90 Å². The highest BCUT2D eigenvalue weighted by molar-refractivity contribution is 5.91. The predicted octanol–water partition coefficient (Wildman–Crippen LogP) is 3.44. The molecule has 0 saturated carbocycles. The highest BCUT2D eigenvalue weighted by Gasteiger charge is 2.31. The lowest BCUT2D eigenvalue weighted by Crippen LogP contribution is -2.15. The number of aliphatic hydroxyl groups excluding tert-OH is 1. The summed E-state index contributed by atoms with van der Waals surface area (Å²) >= 11 is 0. The smallest absolute Gasteiger partial charge is 0.159 e. The van der Waals surface area contributed by atoms with Crippen molar-refractivity contribution in [1.82, 2.24) is 0 Å². The van der Waals surface area contributed by atoms with E-state index in [1.54, 1.807) is 0 Å². The summed E-state index contributed by atoms with van der Waals surface area (Å²) in [5, 5.41) is 9.77. The lowest BCUT2D eigenvalue weighted by atomic mass is 9.80. The van der Waals surface area contributed by atoms with E-state index < -0.39 is 0 Å². The second-order valence-corrected chi connectivity index (χ2v) is 5.90. The Hall–Kier alpha value is -1.77. The van der Waals surface area contributed by atoms with Crippen molar-refractivity contribution in [3.05, 3.63) is 39.7 Å². The largest absolute Gasteiger partial charge is 0.512 e. The van der Waals surface area contributed by atoms with Gasteiger partial charge in [-0.1, -0.05) is 0 Å². The van der Waals surface area contributed by atoms with E-state index in [1.165, 1.54) is 28.3 Å². The van der Waals surface area contributed by atoms with Crippen molar-refractivity contribution in [2.45, 2.75) is 46.0 Å². The Morgan fingerprint density at radius 3 is 2.60 bits per heavy atom. The molecule has 0 fully saturated rings. The first-order chi connectivity index (χ1) is 9.49. The molecule has 1 aromatic rings. The van der Waals surface area contributed by atoms with Crippen LogP contribution in [0.3, 0.4) is 0 Å². The van der Waals surface area contributed by atoms with Gasteiger partial charge in [0.15, 0.2) is 5.78 Å². The zero-order valence-corrected chi connectivity index (χ0v) is 12.2. The number of fused-ring (bicyclic) bond motifs is 1. The first-order valence-electron chi connectivity index (χ1n) is 7.16. The van der Waals surface area contributed by atoms with Gasteiger partial charge in [-0.25, -0.2) is 0 Å². The number of hydrogen-bond donors (Lipinski definition) is 1. The molecular formula is C17H20O3. The summed E-state index contributed by atoms with van der Waals surface area (Å²) in [7, 11) is 0. The number of carbonyl (C=O) groups is 1. The fourth-order valence-electron chi connectivity index (χ4n) is 3.50. The maximum Gasteiger partial charge on any atom is 0.159 e. The Kier molecular flexibility index (Phi) is 3.08. The maximum absolute atomic E-state index is 11.7. The van der Waals surface area contributed by atoms with Crippen LogP contribution in [-0.4, -0.2) is 17.5 Å². The molecule has 0 radical (unpaired) electrons. The number of rotatable bonds is 1. The Labute approximate surface area is 119 Å². The van der Waals surface area contributed by atoms with E-state index in [0.717, 1.165) is 17.7 Å². The fourth-order valence-corrected chi connectivity index (χ4v) is 3.50. The number of carbonyl (C=O) groups excluding carboxylic acids is 1. The van der Waals surface area contributed by atoms with Gasteiger partial charge in [0.1, 0.15) is 5.75 Å². The SMILES string of the molecule is Cc1c(C)c2c(c(C3CC(=O)C=C(O)C3)c1C)OCC2. The highest BCUT2D eigenvalue weighted by atomic mass is 16.5. The number of aliphatic hydroxyl groups is 1. The van der Waals surface area contributed by atoms with Crippen molar-refractivity contribution in [3.63, 3.8) is 0 Å². The van der Waals surface area contributed by atoms with Gasteiger partial charge in [-0.15, -0.1) is 0 Å². The standard InChI is InChI=1S/C17H20O3/c1-9-10(2)15-4-5-20-17(15)16(11(9)3)12-6-13(18)8-14(19)7-12/h8,12,18H,4-7H2,1-3H3. The first-order valence-corrected chi connectivity index (χ1v) is 7.16. The van der Waals surface area contributed by atoms with Crippen LogP contribution in [-0.2, 0) is 11.2 Å². The van der Waals surface area contributed by atoms with Crippen LogP contribution in [0.5, 0.6) is 5.75 Å². The van der Waals surface area contributed by atoms with Gasteiger partial charge < -0.3 is 9.84 Å². The molecule has 0 bridgehead atoms. The molecule has 1 heterocycles. The van der Waals surface area contributed by atoms with Crippen LogP contribution in [0.1, 0.15) is 46.6 Å². The summed E-state index contributed by atoms with van der Waals surface area (Å²) in [6.45, 7) is 7.09. The van der Waals surface area contributed by atoms with Gasteiger partial charge in [0.25, 0.3) is 0 Å². The summed E-state index contributed by atoms with van der Waals surface area (Å²) in [4.78, 5) is 11.7. The molecule has 2 aliphatic rings. The second kappa shape index (κ2) is 4.65. The maximum atomic E-state index is 11.7. The van der Waals surface area contributed by atoms with Crippen LogP contribution >= 0.6 is 0 Å². The van der Waals surface area contributed by atoms with Gasteiger partial charge >= 0.3 is 0 Å². The molecule has 20 heavy (non-hydrogen) atoms. The summed E-state index contributed by atoms with van der Waals surface area (Å²) in [6, 6.07) is 0. The van der Waals surface area contributed by atoms with E-state index in [4.69, 9.17) is 4.74 Å². The summed E-state index contributed by atoms with van der Waals surface area (Å²) in [5.74, 6) is 1.20. The first kappa shape index (κ1) is 13.2. The van der Waals surface area contributed by atoms with Crippen molar-refractivity contribution in [2.24, 2.45) is 0 Å². The van der Waals surface area contributed by atoms with Crippen LogP contribution in [0.25, 0.3) is 0 Å². The number of hydrogen-bond acceptors (Lipinski definition) is 3. The minimum Gasteiger partial charge on any atom is -0.512 e. The van der Waals surface area contributed by atoms with E-state index >= 15 is 0 Å². The Bertz CT molecular complexity index is 626. The molecule has 0 aromatic heterocycles. The fraction of sp³-hybridized carbons (Fsp3) is 0.471. The number of ether oxygens (including phenoxy) is 1. The third-order valence-electron chi connectivity index (χ3n) is 4.74. The molecule has 0 spiro atoms. The average molecular weight is 272 g/mol. The van der Waals surface area contributed by atoms with Gasteiger partial charge in [0, 0.05) is 42.4 Å². The van der Waals surface area contributed by atoms with Gasteiger partial charge in [0.2, 0.25) is 0 Å². The Morgan fingerprint density at radius 2 is 1.90 bits per heavy atom. The lowest BCUT2D eigenvalue weighted by molar-refractivity contribution is -0.115. The second-order valence-electron chi connectivity index (χ2n) is 5.90. The normalized spacial score (nSPS) is 21.4. The van der Waals surface area contributed by atoms with Crippen LogP contribution in [0.15, 0.2) is 11.8 Å². The molecule has 0 saturated heterocycles. The Morgan fingerprint density at radius 1 is 1.15 bits per heavy atom. The van der Waals surface area contributed by atoms with Gasteiger partial charge in [0.05, 0.1) is 12.4 Å². The predicted molar refractivity (Wildman–Crippen MR) is 77.5 cm³/mol. The highest BCUT2D eigenvalue weighted by Crippen LogP contribution is 2.44. The topological polar surface area (TPSA) is 46.5 Å². The minimum absolute atomic E-state index is 0.00289. The molecule has 1 aromatic carbocycles. The molecule has 1 aliphatic heterocycles. The van der Waals surface area contributed by atoms with E-state index in [2.05, 4.69) is 20.8 Å². The minimum atomic E-state index is 0.00289. The third kappa shape index (κ3) is 1.92. The molecule has 3 nitrogen and oxygen atoms in total. The van der Waals surface area contributed by atoms with Gasteiger partial charge in [-0.3, -0.25) is 4.79 Å². The van der Waals surface area contributed by atoms with Crippen molar-refractivity contribution in [3.8, 4) is 5.75 Å². The Balaban J connectivity index is 2.15. The van der Waals surface area contributed by atoms with Crippen LogP contribution in [0.4, 0.5) is 0 Å². The molecule has 1 unspecified atom stereocenters. The summed E-state index contributed by atoms with van der Waals surface area (Å²) in [5.41, 5.74) is 6.21. The molecule has 1 N–H and O–H groups in total. The zero-order chi connectivity index (χ0) is 14.4. The van der Waals surface area contributed by atoms with Crippen molar-refractivity contribution in [1.29, 1.82) is 0 Å². The van der Waals surface area contributed by atoms with E-state index in [1.807, 2.05) is 0 Å². The monoisotopic (exact) mass is 272 g/mol.